The van der Waals surface area contributed by atoms with Crippen LogP contribution in [0.25, 0.3) is 11.0 Å². The van der Waals surface area contributed by atoms with Gasteiger partial charge in [0.1, 0.15) is 12.4 Å². The van der Waals surface area contributed by atoms with E-state index in [2.05, 4.69) is 9.97 Å². The molecule has 2 aromatic carbocycles. The maximum absolute atomic E-state index is 13.0. The number of aromatic nitrogens is 2. The molecule has 0 fully saturated rings. The highest BCUT2D eigenvalue weighted by molar-refractivity contribution is 6.08. The maximum Gasteiger partial charge on any atom is 0.258 e. The van der Waals surface area contributed by atoms with Gasteiger partial charge in [-0.1, -0.05) is 12.1 Å². The molecule has 0 aliphatic carbocycles. The number of rotatable bonds is 1. The van der Waals surface area contributed by atoms with Crippen LogP contribution in [-0.4, -0.2) is 28.5 Å². The smallest absolute Gasteiger partial charge is 0.258 e. The summed E-state index contributed by atoms with van der Waals surface area (Å²) < 4.78 is 5.70. The Morgan fingerprint density at radius 1 is 1.32 bits per heavy atom. The molecule has 0 radical (unpaired) electrons. The van der Waals surface area contributed by atoms with Crippen molar-refractivity contribution in [2.45, 2.75) is 13.0 Å². The van der Waals surface area contributed by atoms with E-state index in [0.717, 1.165) is 22.5 Å². The van der Waals surface area contributed by atoms with Crippen molar-refractivity contribution in [3.05, 3.63) is 54.4 Å². The van der Waals surface area contributed by atoms with Crippen molar-refractivity contribution in [3.8, 4) is 5.75 Å². The average Bonchev–Trinajstić information content (AvgIpc) is 3.01. The summed E-state index contributed by atoms with van der Waals surface area (Å²) in [6.07, 6.45) is 1.63. The van der Waals surface area contributed by atoms with Crippen molar-refractivity contribution in [1.82, 2.24) is 9.97 Å². The molecular weight excluding hydrogens is 278 g/mol. The summed E-state index contributed by atoms with van der Waals surface area (Å²) in [4.78, 5) is 22.0. The Bertz CT molecular complexity index is 856. The molecule has 4 rings (SSSR count). The van der Waals surface area contributed by atoms with Gasteiger partial charge in [-0.3, -0.25) is 9.69 Å². The first-order chi connectivity index (χ1) is 10.7. The highest BCUT2D eigenvalue weighted by Crippen LogP contribution is 2.34. The molecule has 1 N–H and O–H groups in total. The van der Waals surface area contributed by atoms with Crippen molar-refractivity contribution >= 4 is 22.6 Å². The number of benzene rings is 2. The van der Waals surface area contributed by atoms with Crippen LogP contribution in [0.2, 0.25) is 0 Å². The molecule has 0 saturated carbocycles. The van der Waals surface area contributed by atoms with Gasteiger partial charge in [-0.2, -0.15) is 0 Å². The third kappa shape index (κ3) is 1.94. The molecule has 1 atom stereocenters. The van der Waals surface area contributed by atoms with Gasteiger partial charge in [0.25, 0.3) is 5.91 Å². The molecule has 5 nitrogen and oxygen atoms in total. The minimum atomic E-state index is -0.0280. The highest BCUT2D eigenvalue weighted by Gasteiger charge is 2.30. The molecule has 1 amide bonds. The van der Waals surface area contributed by atoms with Crippen LogP contribution in [-0.2, 0) is 0 Å². The Morgan fingerprint density at radius 2 is 2.18 bits per heavy atom. The SMILES string of the molecule is CC1COc2ccccc2N1C(=O)c1ccc2nc[nH]c2c1. The fraction of sp³-hybridized carbons (Fsp3) is 0.176. The summed E-state index contributed by atoms with van der Waals surface area (Å²) in [7, 11) is 0. The number of ether oxygens (including phenoxy) is 1. The van der Waals surface area contributed by atoms with E-state index in [-0.39, 0.29) is 11.9 Å². The highest BCUT2D eigenvalue weighted by atomic mass is 16.5. The van der Waals surface area contributed by atoms with Gasteiger partial charge in [0.05, 0.1) is 29.1 Å². The summed E-state index contributed by atoms with van der Waals surface area (Å²) in [5.41, 5.74) is 3.17. The second kappa shape index (κ2) is 4.87. The first kappa shape index (κ1) is 12.9. The second-order valence-corrected chi connectivity index (χ2v) is 5.44. The van der Waals surface area contributed by atoms with Crippen LogP contribution in [0.15, 0.2) is 48.8 Å². The number of hydrogen-bond donors (Lipinski definition) is 1. The van der Waals surface area contributed by atoms with Crippen LogP contribution >= 0.6 is 0 Å². The molecule has 1 unspecified atom stereocenters. The van der Waals surface area contributed by atoms with Crippen molar-refractivity contribution in [2.75, 3.05) is 11.5 Å². The third-order valence-corrected chi connectivity index (χ3v) is 3.93. The molecule has 110 valence electrons. The number of aromatic amines is 1. The first-order valence-electron chi connectivity index (χ1n) is 7.22. The lowest BCUT2D eigenvalue weighted by molar-refractivity contribution is 0.0961. The summed E-state index contributed by atoms with van der Waals surface area (Å²) in [6, 6.07) is 13.1. The second-order valence-electron chi connectivity index (χ2n) is 5.44. The van der Waals surface area contributed by atoms with Gasteiger partial charge in [-0.05, 0) is 37.3 Å². The standard InChI is InChI=1S/C17H15N3O2/c1-11-9-22-16-5-3-2-4-15(16)20(11)17(21)12-6-7-13-14(8-12)19-10-18-13/h2-8,10-11H,9H2,1H3,(H,18,19). The van der Waals surface area contributed by atoms with Gasteiger partial charge >= 0.3 is 0 Å². The Labute approximate surface area is 127 Å². The van der Waals surface area contributed by atoms with Gasteiger partial charge in [-0.25, -0.2) is 4.98 Å². The number of H-pyrrole nitrogens is 1. The molecule has 1 aliphatic rings. The van der Waals surface area contributed by atoms with Crippen LogP contribution in [0.3, 0.4) is 0 Å². The molecule has 22 heavy (non-hydrogen) atoms. The molecule has 1 aliphatic heterocycles. The molecule has 0 bridgehead atoms. The van der Waals surface area contributed by atoms with Crippen molar-refractivity contribution in [3.63, 3.8) is 0 Å². The molecule has 5 heteroatoms. The van der Waals surface area contributed by atoms with Crippen LogP contribution < -0.4 is 9.64 Å². The quantitative estimate of drug-likeness (QED) is 0.750. The van der Waals surface area contributed by atoms with E-state index < -0.39 is 0 Å². The lowest BCUT2D eigenvalue weighted by atomic mass is 10.1. The van der Waals surface area contributed by atoms with Gasteiger partial charge in [0.2, 0.25) is 0 Å². The van der Waals surface area contributed by atoms with E-state index in [1.54, 1.807) is 11.2 Å². The summed E-state index contributed by atoms with van der Waals surface area (Å²) >= 11 is 0. The molecule has 0 saturated heterocycles. The van der Waals surface area contributed by atoms with Crippen molar-refractivity contribution in [1.29, 1.82) is 0 Å². The summed E-state index contributed by atoms with van der Waals surface area (Å²) in [6.45, 7) is 2.48. The minimum Gasteiger partial charge on any atom is -0.489 e. The number of para-hydroxylation sites is 2. The number of carbonyl (C=O) groups is 1. The topological polar surface area (TPSA) is 58.2 Å². The molecule has 1 aromatic heterocycles. The van der Waals surface area contributed by atoms with Crippen molar-refractivity contribution < 1.29 is 9.53 Å². The fourth-order valence-corrected chi connectivity index (χ4v) is 2.82. The number of nitrogens with one attached hydrogen (secondary N) is 1. The van der Waals surface area contributed by atoms with E-state index >= 15 is 0 Å². The fourth-order valence-electron chi connectivity index (χ4n) is 2.82. The zero-order valence-electron chi connectivity index (χ0n) is 12.1. The predicted molar refractivity (Wildman–Crippen MR) is 84.3 cm³/mol. The van der Waals surface area contributed by atoms with E-state index in [1.165, 1.54) is 0 Å². The van der Waals surface area contributed by atoms with Crippen LogP contribution in [0.1, 0.15) is 17.3 Å². The molecule has 3 aromatic rings. The predicted octanol–water partition coefficient (Wildman–Crippen LogP) is 2.99. The number of hydrogen-bond acceptors (Lipinski definition) is 3. The zero-order valence-corrected chi connectivity index (χ0v) is 12.1. The third-order valence-electron chi connectivity index (χ3n) is 3.93. The number of carbonyl (C=O) groups excluding carboxylic acids is 1. The zero-order chi connectivity index (χ0) is 15.1. The Kier molecular flexibility index (Phi) is 2.85. The molecule has 2 heterocycles. The Morgan fingerprint density at radius 3 is 3.09 bits per heavy atom. The summed E-state index contributed by atoms with van der Waals surface area (Å²) in [5.74, 6) is 0.719. The van der Waals surface area contributed by atoms with E-state index in [4.69, 9.17) is 4.74 Å². The van der Waals surface area contributed by atoms with Gasteiger partial charge in [0.15, 0.2) is 0 Å². The Balaban J connectivity index is 1.78. The number of fused-ring (bicyclic) bond motifs is 2. The number of anilines is 1. The molecular formula is C17H15N3O2. The number of imidazole rings is 1. The van der Waals surface area contributed by atoms with E-state index in [0.29, 0.717) is 12.2 Å². The number of nitrogens with zero attached hydrogens (tertiary/aromatic N) is 2. The monoisotopic (exact) mass is 293 g/mol. The lowest BCUT2D eigenvalue weighted by Gasteiger charge is -2.35. The van der Waals surface area contributed by atoms with Gasteiger partial charge in [-0.15, -0.1) is 0 Å². The number of amides is 1. The van der Waals surface area contributed by atoms with E-state index in [1.807, 2.05) is 49.4 Å². The van der Waals surface area contributed by atoms with Gasteiger partial charge < -0.3 is 9.72 Å². The van der Waals surface area contributed by atoms with Crippen LogP contribution in [0.5, 0.6) is 5.75 Å². The first-order valence-corrected chi connectivity index (χ1v) is 7.22. The van der Waals surface area contributed by atoms with Gasteiger partial charge in [0, 0.05) is 5.56 Å². The van der Waals surface area contributed by atoms with Crippen LogP contribution in [0.4, 0.5) is 5.69 Å². The largest absolute Gasteiger partial charge is 0.489 e. The normalized spacial score (nSPS) is 17.1. The Hall–Kier alpha value is -2.82. The average molecular weight is 293 g/mol. The lowest BCUT2D eigenvalue weighted by Crippen LogP contribution is -2.45. The molecule has 0 spiro atoms. The van der Waals surface area contributed by atoms with Crippen LogP contribution in [0, 0.1) is 0 Å². The minimum absolute atomic E-state index is 0.0140. The summed E-state index contributed by atoms with van der Waals surface area (Å²) in [5, 5.41) is 0. The van der Waals surface area contributed by atoms with E-state index in [9.17, 15) is 4.79 Å². The maximum atomic E-state index is 13.0. The van der Waals surface area contributed by atoms with Crippen molar-refractivity contribution in [2.24, 2.45) is 0 Å².